The van der Waals surface area contributed by atoms with Gasteiger partial charge in [-0.3, -0.25) is 14.6 Å². The van der Waals surface area contributed by atoms with Crippen LogP contribution in [0.25, 0.3) is 10.2 Å². The number of hydrogen-bond acceptors (Lipinski definition) is 7. The first-order valence-corrected chi connectivity index (χ1v) is 15.7. The van der Waals surface area contributed by atoms with Crippen molar-refractivity contribution in [1.82, 2.24) is 14.2 Å². The summed E-state index contributed by atoms with van der Waals surface area (Å²) in [7, 11) is -3.63. The molecule has 2 aliphatic rings. The van der Waals surface area contributed by atoms with Gasteiger partial charge in [0.2, 0.25) is 15.9 Å². The molecule has 0 radical (unpaired) electrons. The Morgan fingerprint density at radius 3 is 2.50 bits per heavy atom. The number of rotatable bonds is 8. The minimum Gasteiger partial charge on any atom is -0.379 e. The standard InChI is InChI=1S/C27H33ClN4O4S2/c1-20-4-2-5-24-25(20)29-27(37-24)32(13-3-12-30-16-18-36-19-17-30)26(33)21-10-14-31(15-11-21)38(34,35)23-8-6-22(28)7-9-23/h2,4-9,21H,3,10-19H2,1H3. The Hall–Kier alpha value is -2.08. The van der Waals surface area contributed by atoms with Crippen molar-refractivity contribution in [3.63, 3.8) is 0 Å². The maximum Gasteiger partial charge on any atom is 0.243 e. The van der Waals surface area contributed by atoms with Gasteiger partial charge in [0.25, 0.3) is 0 Å². The van der Waals surface area contributed by atoms with E-state index >= 15 is 0 Å². The number of fused-ring (bicyclic) bond motifs is 1. The molecular weight excluding hydrogens is 544 g/mol. The number of ether oxygens (including phenoxy) is 1. The monoisotopic (exact) mass is 576 g/mol. The van der Waals surface area contributed by atoms with Crippen molar-refractivity contribution >= 4 is 54.2 Å². The molecule has 2 aromatic carbocycles. The van der Waals surface area contributed by atoms with E-state index in [0.717, 1.165) is 60.2 Å². The zero-order valence-electron chi connectivity index (χ0n) is 21.5. The highest BCUT2D eigenvalue weighted by molar-refractivity contribution is 7.89. The maximum atomic E-state index is 13.9. The number of piperidine rings is 1. The van der Waals surface area contributed by atoms with E-state index in [9.17, 15) is 13.2 Å². The third-order valence-corrected chi connectivity index (χ3v) is 10.5. The maximum absolute atomic E-state index is 13.9. The highest BCUT2D eigenvalue weighted by Gasteiger charge is 2.35. The average Bonchev–Trinajstić information content (AvgIpc) is 3.37. The second-order valence-corrected chi connectivity index (χ2v) is 13.2. The van der Waals surface area contributed by atoms with Gasteiger partial charge in [0.1, 0.15) is 0 Å². The molecule has 2 fully saturated rings. The Balaban J connectivity index is 1.29. The number of benzene rings is 2. The van der Waals surface area contributed by atoms with Crippen LogP contribution in [0, 0.1) is 12.8 Å². The van der Waals surface area contributed by atoms with E-state index in [2.05, 4.69) is 4.90 Å². The highest BCUT2D eigenvalue weighted by Crippen LogP contribution is 2.33. The molecule has 1 aromatic heterocycles. The van der Waals surface area contributed by atoms with Crippen LogP contribution in [0.15, 0.2) is 47.4 Å². The van der Waals surface area contributed by atoms with E-state index in [4.69, 9.17) is 21.3 Å². The first-order chi connectivity index (χ1) is 18.3. The second-order valence-electron chi connectivity index (χ2n) is 9.85. The summed E-state index contributed by atoms with van der Waals surface area (Å²) in [5.74, 6) is -0.213. The lowest BCUT2D eigenvalue weighted by Gasteiger charge is -2.33. The van der Waals surface area contributed by atoms with E-state index < -0.39 is 10.0 Å². The molecule has 0 spiro atoms. The fourth-order valence-corrected chi connectivity index (χ4v) is 7.76. The van der Waals surface area contributed by atoms with Crippen molar-refractivity contribution in [2.45, 2.75) is 31.1 Å². The molecule has 3 aromatic rings. The number of halogens is 1. The number of aryl methyl sites for hydroxylation is 1. The number of nitrogens with zero attached hydrogens (tertiary/aromatic N) is 4. The first-order valence-electron chi connectivity index (χ1n) is 13.1. The van der Waals surface area contributed by atoms with Gasteiger partial charge in [-0.1, -0.05) is 35.1 Å². The van der Waals surface area contributed by atoms with E-state index in [-0.39, 0.29) is 16.7 Å². The smallest absolute Gasteiger partial charge is 0.243 e. The van der Waals surface area contributed by atoms with Crippen LogP contribution in [-0.4, -0.2) is 81.0 Å². The SMILES string of the molecule is Cc1cccc2sc(N(CCCN3CCOCC3)C(=O)C3CCN(S(=O)(=O)c4ccc(Cl)cc4)CC3)nc12. The lowest BCUT2D eigenvalue weighted by Crippen LogP contribution is -2.45. The number of carbonyl (C=O) groups is 1. The average molecular weight is 577 g/mol. The Labute approximate surface area is 233 Å². The van der Waals surface area contributed by atoms with Crippen molar-refractivity contribution < 1.29 is 17.9 Å². The van der Waals surface area contributed by atoms with Gasteiger partial charge in [-0.05, 0) is 62.1 Å². The van der Waals surface area contributed by atoms with Gasteiger partial charge in [-0.25, -0.2) is 13.4 Å². The van der Waals surface area contributed by atoms with Gasteiger partial charge in [-0.2, -0.15) is 4.31 Å². The van der Waals surface area contributed by atoms with Crippen LogP contribution in [0.3, 0.4) is 0 Å². The molecule has 5 rings (SSSR count). The van der Waals surface area contributed by atoms with Crippen LogP contribution in [0.4, 0.5) is 5.13 Å². The summed E-state index contributed by atoms with van der Waals surface area (Å²) < 4.78 is 34.2. The molecule has 1 amide bonds. The van der Waals surface area contributed by atoms with E-state index in [0.29, 0.717) is 37.5 Å². The largest absolute Gasteiger partial charge is 0.379 e. The summed E-state index contributed by atoms with van der Waals surface area (Å²) in [6.07, 6.45) is 1.80. The zero-order valence-corrected chi connectivity index (χ0v) is 23.9. The lowest BCUT2D eigenvalue weighted by molar-refractivity contribution is -0.123. The molecule has 0 atom stereocenters. The van der Waals surface area contributed by atoms with Crippen molar-refractivity contribution in [3.05, 3.63) is 53.1 Å². The highest BCUT2D eigenvalue weighted by atomic mass is 35.5. The number of morpholine rings is 1. The van der Waals surface area contributed by atoms with Gasteiger partial charge in [0, 0.05) is 50.2 Å². The van der Waals surface area contributed by atoms with E-state index in [1.54, 1.807) is 23.5 Å². The Morgan fingerprint density at radius 1 is 1.11 bits per heavy atom. The summed E-state index contributed by atoms with van der Waals surface area (Å²) in [6, 6.07) is 12.3. The van der Waals surface area contributed by atoms with Crippen molar-refractivity contribution in [2.24, 2.45) is 5.92 Å². The first kappa shape index (κ1) is 27.5. The van der Waals surface area contributed by atoms with E-state index in [1.165, 1.54) is 16.4 Å². The molecule has 204 valence electrons. The predicted octanol–water partition coefficient (Wildman–Crippen LogP) is 4.41. The molecule has 0 aliphatic carbocycles. The quantitative estimate of drug-likeness (QED) is 0.395. The zero-order chi connectivity index (χ0) is 26.7. The summed E-state index contributed by atoms with van der Waals surface area (Å²) in [5.41, 5.74) is 2.02. The number of thiazole rings is 1. The third-order valence-electron chi connectivity index (χ3n) is 7.32. The minimum absolute atomic E-state index is 0.0345. The Kier molecular flexibility index (Phi) is 8.66. The predicted molar refractivity (Wildman–Crippen MR) is 152 cm³/mol. The summed E-state index contributed by atoms with van der Waals surface area (Å²) >= 11 is 7.48. The van der Waals surface area contributed by atoms with Crippen LogP contribution in [0.2, 0.25) is 5.02 Å². The number of carbonyl (C=O) groups excluding carboxylic acids is 1. The fourth-order valence-electron chi connectivity index (χ4n) is 5.09. The van der Waals surface area contributed by atoms with Crippen LogP contribution in [-0.2, 0) is 19.6 Å². The molecule has 11 heteroatoms. The fraction of sp³-hybridized carbons (Fsp3) is 0.481. The number of anilines is 1. The third kappa shape index (κ3) is 6.05. The molecule has 0 saturated carbocycles. The minimum atomic E-state index is -3.63. The van der Waals surface area contributed by atoms with Crippen LogP contribution in [0.1, 0.15) is 24.8 Å². The van der Waals surface area contributed by atoms with Crippen LogP contribution in [0.5, 0.6) is 0 Å². The van der Waals surface area contributed by atoms with Crippen LogP contribution < -0.4 is 4.90 Å². The van der Waals surface area contributed by atoms with Crippen LogP contribution >= 0.6 is 22.9 Å². The van der Waals surface area contributed by atoms with E-state index in [1.807, 2.05) is 30.0 Å². The number of para-hydroxylation sites is 1. The normalized spacial score (nSPS) is 18.2. The summed E-state index contributed by atoms with van der Waals surface area (Å²) in [4.78, 5) is 23.2. The van der Waals surface area contributed by atoms with Gasteiger partial charge >= 0.3 is 0 Å². The topological polar surface area (TPSA) is 83.0 Å². The number of amides is 1. The molecule has 3 heterocycles. The second kappa shape index (κ2) is 12.0. The molecule has 38 heavy (non-hydrogen) atoms. The van der Waals surface area contributed by atoms with Gasteiger partial charge in [0.05, 0.1) is 28.3 Å². The molecule has 0 N–H and O–H groups in total. The van der Waals surface area contributed by atoms with Gasteiger partial charge < -0.3 is 4.74 Å². The molecule has 2 aliphatic heterocycles. The van der Waals surface area contributed by atoms with Crippen molar-refractivity contribution in [2.75, 3.05) is 57.4 Å². The Morgan fingerprint density at radius 2 is 1.82 bits per heavy atom. The molecule has 2 saturated heterocycles. The van der Waals surface area contributed by atoms with Gasteiger partial charge in [0.15, 0.2) is 5.13 Å². The number of hydrogen-bond donors (Lipinski definition) is 0. The van der Waals surface area contributed by atoms with Crippen molar-refractivity contribution in [3.8, 4) is 0 Å². The summed E-state index contributed by atoms with van der Waals surface area (Å²) in [6.45, 7) is 7.45. The lowest BCUT2D eigenvalue weighted by atomic mass is 9.96. The molecular formula is C27H33ClN4O4S2. The number of aromatic nitrogens is 1. The van der Waals surface area contributed by atoms with Crippen molar-refractivity contribution in [1.29, 1.82) is 0 Å². The summed E-state index contributed by atoms with van der Waals surface area (Å²) in [5, 5.41) is 1.21. The molecule has 0 bridgehead atoms. The van der Waals surface area contributed by atoms with Gasteiger partial charge in [-0.15, -0.1) is 0 Å². The molecule has 0 unspecified atom stereocenters. The number of sulfonamides is 1. The molecule has 8 nitrogen and oxygen atoms in total. The Bertz CT molecular complexity index is 1370.